The van der Waals surface area contributed by atoms with Crippen molar-refractivity contribution in [3.63, 3.8) is 0 Å². The summed E-state index contributed by atoms with van der Waals surface area (Å²) in [4.78, 5) is 23.4. The number of hydrogen-bond donors (Lipinski definition) is 2. The highest BCUT2D eigenvalue weighted by Gasteiger charge is 2.28. The predicted octanol–water partition coefficient (Wildman–Crippen LogP) is 3.39. The molecule has 2 aliphatic rings. The maximum Gasteiger partial charge on any atom is 0.224 e. The molecule has 0 heterocycles. The summed E-state index contributed by atoms with van der Waals surface area (Å²) in [7, 11) is 0. The summed E-state index contributed by atoms with van der Waals surface area (Å²) in [5.74, 6) is 0.344. The second-order valence-electron chi connectivity index (χ2n) is 7.13. The molecular formula is C20H28N2O3. The molecule has 136 valence electrons. The van der Waals surface area contributed by atoms with Crippen molar-refractivity contribution in [1.82, 2.24) is 5.32 Å². The van der Waals surface area contributed by atoms with E-state index in [0.717, 1.165) is 24.1 Å². The molecule has 1 aromatic rings. The zero-order valence-corrected chi connectivity index (χ0v) is 14.8. The van der Waals surface area contributed by atoms with Crippen LogP contribution in [0.5, 0.6) is 0 Å². The molecule has 2 N–H and O–H groups in total. The molecule has 0 radical (unpaired) electrons. The normalized spacial score (nSPS) is 17.4. The smallest absolute Gasteiger partial charge is 0.224 e. The van der Waals surface area contributed by atoms with Crippen molar-refractivity contribution >= 4 is 17.5 Å². The molecule has 0 aliphatic heterocycles. The second kappa shape index (κ2) is 8.99. The summed E-state index contributed by atoms with van der Waals surface area (Å²) < 4.78 is 5.89. The Morgan fingerprint density at radius 1 is 1.04 bits per heavy atom. The van der Waals surface area contributed by atoms with Crippen LogP contribution in [0.4, 0.5) is 5.69 Å². The van der Waals surface area contributed by atoms with E-state index in [1.165, 1.54) is 25.7 Å². The first-order valence-electron chi connectivity index (χ1n) is 9.49. The number of nitrogens with one attached hydrogen (secondary N) is 2. The third-order valence-electron chi connectivity index (χ3n) is 4.85. The lowest BCUT2D eigenvalue weighted by molar-refractivity contribution is -0.122. The van der Waals surface area contributed by atoms with E-state index in [-0.39, 0.29) is 17.7 Å². The molecule has 0 bridgehead atoms. The minimum atomic E-state index is -0.0179. The number of anilines is 1. The first-order chi connectivity index (χ1) is 12.2. The first kappa shape index (κ1) is 17.9. The Balaban J connectivity index is 1.31. The quantitative estimate of drug-likeness (QED) is 0.675. The highest BCUT2D eigenvalue weighted by molar-refractivity contribution is 5.90. The van der Waals surface area contributed by atoms with Gasteiger partial charge in [0.2, 0.25) is 11.8 Å². The summed E-state index contributed by atoms with van der Waals surface area (Å²) >= 11 is 0. The highest BCUT2D eigenvalue weighted by atomic mass is 16.5. The third-order valence-corrected chi connectivity index (χ3v) is 4.85. The Morgan fingerprint density at radius 2 is 1.76 bits per heavy atom. The van der Waals surface area contributed by atoms with Crippen LogP contribution in [0.15, 0.2) is 24.3 Å². The van der Waals surface area contributed by atoms with Crippen molar-refractivity contribution in [2.45, 2.75) is 64.1 Å². The van der Waals surface area contributed by atoms with Crippen molar-refractivity contribution in [2.24, 2.45) is 5.92 Å². The van der Waals surface area contributed by atoms with Crippen LogP contribution in [0.1, 0.15) is 56.9 Å². The zero-order valence-electron chi connectivity index (χ0n) is 14.8. The Bertz CT molecular complexity index is 575. The van der Waals surface area contributed by atoms with E-state index < -0.39 is 0 Å². The molecular weight excluding hydrogens is 316 g/mol. The largest absolute Gasteiger partial charge is 0.374 e. The van der Waals surface area contributed by atoms with Gasteiger partial charge in [0.05, 0.1) is 12.7 Å². The summed E-state index contributed by atoms with van der Waals surface area (Å²) in [6, 6.07) is 7.83. The second-order valence-corrected chi connectivity index (χ2v) is 7.13. The number of carbonyl (C=O) groups excluding carboxylic acids is 2. The molecule has 1 aromatic carbocycles. The molecule has 2 amide bonds. The molecule has 0 saturated heterocycles. The van der Waals surface area contributed by atoms with Crippen molar-refractivity contribution in [3.05, 3.63) is 29.8 Å². The minimum Gasteiger partial charge on any atom is -0.374 e. The number of hydrogen-bond acceptors (Lipinski definition) is 3. The third kappa shape index (κ3) is 6.16. The maximum atomic E-state index is 11.9. The van der Waals surface area contributed by atoms with Gasteiger partial charge >= 0.3 is 0 Å². The van der Waals surface area contributed by atoms with Gasteiger partial charge in [0, 0.05) is 24.6 Å². The highest BCUT2D eigenvalue weighted by Crippen LogP contribution is 2.28. The van der Waals surface area contributed by atoms with E-state index in [1.54, 1.807) is 0 Å². The predicted molar refractivity (Wildman–Crippen MR) is 97.1 cm³/mol. The van der Waals surface area contributed by atoms with E-state index in [1.807, 2.05) is 24.3 Å². The molecule has 5 nitrogen and oxygen atoms in total. The summed E-state index contributed by atoms with van der Waals surface area (Å²) in [5, 5.41) is 5.77. The van der Waals surface area contributed by atoms with Crippen LogP contribution in [0.2, 0.25) is 0 Å². The number of carbonyl (C=O) groups is 2. The molecule has 2 fully saturated rings. The van der Waals surface area contributed by atoms with Gasteiger partial charge in [0.25, 0.3) is 0 Å². The molecule has 0 unspecified atom stereocenters. The fourth-order valence-electron chi connectivity index (χ4n) is 3.13. The van der Waals surface area contributed by atoms with Gasteiger partial charge in [0.15, 0.2) is 0 Å². The van der Waals surface area contributed by atoms with Gasteiger partial charge in [-0.1, -0.05) is 25.0 Å². The SMILES string of the molecule is O=C(CCCNC(=O)C1CC1)Nc1ccc(COC2CCCC2)cc1. The lowest BCUT2D eigenvalue weighted by Gasteiger charge is -2.11. The van der Waals surface area contributed by atoms with Gasteiger partial charge in [0.1, 0.15) is 0 Å². The average Bonchev–Trinajstić information content (AvgIpc) is 3.34. The minimum absolute atomic E-state index is 0.0179. The number of ether oxygens (including phenoxy) is 1. The summed E-state index contributed by atoms with van der Waals surface area (Å²) in [5.41, 5.74) is 1.93. The van der Waals surface area contributed by atoms with E-state index in [4.69, 9.17) is 4.74 Å². The summed E-state index contributed by atoms with van der Waals surface area (Å²) in [6.45, 7) is 1.21. The van der Waals surface area contributed by atoms with Crippen LogP contribution in [-0.2, 0) is 20.9 Å². The van der Waals surface area contributed by atoms with Crippen molar-refractivity contribution in [1.29, 1.82) is 0 Å². The van der Waals surface area contributed by atoms with E-state index in [2.05, 4.69) is 10.6 Å². The van der Waals surface area contributed by atoms with E-state index in [9.17, 15) is 9.59 Å². The van der Waals surface area contributed by atoms with Crippen LogP contribution >= 0.6 is 0 Å². The molecule has 2 saturated carbocycles. The Morgan fingerprint density at radius 3 is 2.44 bits per heavy atom. The number of rotatable bonds is 9. The standard InChI is InChI=1S/C20H28N2O3/c23-19(6-3-13-21-20(24)16-9-10-16)22-17-11-7-15(8-12-17)14-25-18-4-1-2-5-18/h7-8,11-12,16,18H,1-6,9-10,13-14H2,(H,21,24)(H,22,23). The Kier molecular flexibility index (Phi) is 6.45. The summed E-state index contributed by atoms with van der Waals surface area (Å²) in [6.07, 6.45) is 8.42. The monoisotopic (exact) mass is 344 g/mol. The van der Waals surface area contributed by atoms with Gasteiger partial charge in [-0.05, 0) is 49.8 Å². The van der Waals surface area contributed by atoms with E-state index in [0.29, 0.717) is 32.1 Å². The van der Waals surface area contributed by atoms with Crippen LogP contribution in [-0.4, -0.2) is 24.5 Å². The van der Waals surface area contributed by atoms with Crippen LogP contribution < -0.4 is 10.6 Å². The van der Waals surface area contributed by atoms with Gasteiger partial charge in [-0.15, -0.1) is 0 Å². The molecule has 0 spiro atoms. The lowest BCUT2D eigenvalue weighted by atomic mass is 10.2. The average molecular weight is 344 g/mol. The molecule has 0 atom stereocenters. The van der Waals surface area contributed by atoms with Gasteiger partial charge in [-0.3, -0.25) is 9.59 Å². The van der Waals surface area contributed by atoms with Gasteiger partial charge in [-0.25, -0.2) is 0 Å². The lowest BCUT2D eigenvalue weighted by Crippen LogP contribution is -2.26. The van der Waals surface area contributed by atoms with E-state index >= 15 is 0 Å². The molecule has 3 rings (SSSR count). The molecule has 25 heavy (non-hydrogen) atoms. The molecule has 2 aliphatic carbocycles. The van der Waals surface area contributed by atoms with Crippen LogP contribution in [0.3, 0.4) is 0 Å². The molecule has 0 aromatic heterocycles. The molecule has 5 heteroatoms. The maximum absolute atomic E-state index is 11.9. The van der Waals surface area contributed by atoms with Gasteiger partial charge < -0.3 is 15.4 Å². The Hall–Kier alpha value is -1.88. The van der Waals surface area contributed by atoms with Crippen molar-refractivity contribution in [2.75, 3.05) is 11.9 Å². The fraction of sp³-hybridized carbons (Fsp3) is 0.600. The Labute approximate surface area is 149 Å². The van der Waals surface area contributed by atoms with Gasteiger partial charge in [-0.2, -0.15) is 0 Å². The zero-order chi connectivity index (χ0) is 17.5. The van der Waals surface area contributed by atoms with Crippen LogP contribution in [0.25, 0.3) is 0 Å². The number of amides is 2. The number of benzene rings is 1. The van der Waals surface area contributed by atoms with Crippen molar-refractivity contribution in [3.8, 4) is 0 Å². The van der Waals surface area contributed by atoms with Crippen molar-refractivity contribution < 1.29 is 14.3 Å². The fourth-order valence-corrected chi connectivity index (χ4v) is 3.13. The first-order valence-corrected chi connectivity index (χ1v) is 9.49. The topological polar surface area (TPSA) is 67.4 Å². The van der Waals surface area contributed by atoms with Crippen LogP contribution in [0, 0.1) is 5.92 Å².